The van der Waals surface area contributed by atoms with Gasteiger partial charge in [-0.25, -0.2) is 6.57 Å². The van der Waals surface area contributed by atoms with Crippen LogP contribution in [0, 0.1) is 12.5 Å². The number of nitrogens with one attached hydrogen (secondary N) is 1. The SMILES string of the molecule is [C-]#[N+]C1(Nc2ccccc2)CCN(C)CC1C. The van der Waals surface area contributed by atoms with Crippen molar-refractivity contribution in [1.29, 1.82) is 0 Å². The second-order valence-electron chi connectivity index (χ2n) is 4.94. The molecule has 0 spiro atoms. The summed E-state index contributed by atoms with van der Waals surface area (Å²) >= 11 is 0. The summed E-state index contributed by atoms with van der Waals surface area (Å²) < 4.78 is 0. The molecule has 2 rings (SSSR count). The number of para-hydroxylation sites is 1. The molecule has 1 saturated heterocycles. The van der Waals surface area contributed by atoms with Gasteiger partial charge in [-0.2, -0.15) is 0 Å². The Labute approximate surface area is 103 Å². The van der Waals surface area contributed by atoms with Crippen LogP contribution in [0.4, 0.5) is 5.69 Å². The second kappa shape index (κ2) is 4.77. The Bertz CT molecular complexity index is 409. The molecule has 0 bridgehead atoms. The van der Waals surface area contributed by atoms with Gasteiger partial charge >= 0.3 is 5.66 Å². The Kier molecular flexibility index (Phi) is 3.35. The Balaban J connectivity index is 2.18. The van der Waals surface area contributed by atoms with Crippen LogP contribution in [0.2, 0.25) is 0 Å². The summed E-state index contributed by atoms with van der Waals surface area (Å²) in [6, 6.07) is 10.0. The van der Waals surface area contributed by atoms with Crippen molar-refractivity contribution >= 4 is 5.69 Å². The second-order valence-corrected chi connectivity index (χ2v) is 4.94. The summed E-state index contributed by atoms with van der Waals surface area (Å²) in [6.07, 6.45) is 0.878. The maximum Gasteiger partial charge on any atom is 0.310 e. The predicted molar refractivity (Wildman–Crippen MR) is 70.7 cm³/mol. The number of likely N-dealkylation sites (tertiary alicyclic amines) is 1. The molecule has 17 heavy (non-hydrogen) atoms. The monoisotopic (exact) mass is 229 g/mol. The molecule has 1 N–H and O–H groups in total. The quantitative estimate of drug-likeness (QED) is 0.787. The molecule has 2 atom stereocenters. The molecule has 2 unspecified atom stereocenters. The first-order valence-electron chi connectivity index (χ1n) is 6.07. The van der Waals surface area contributed by atoms with Crippen LogP contribution in [0.15, 0.2) is 30.3 Å². The molecule has 0 radical (unpaired) electrons. The maximum absolute atomic E-state index is 7.53. The zero-order chi connectivity index (χ0) is 12.3. The van der Waals surface area contributed by atoms with Crippen molar-refractivity contribution in [2.24, 2.45) is 5.92 Å². The zero-order valence-electron chi connectivity index (χ0n) is 10.5. The first kappa shape index (κ1) is 11.9. The van der Waals surface area contributed by atoms with Crippen LogP contribution in [0.25, 0.3) is 4.85 Å². The number of hydrogen-bond acceptors (Lipinski definition) is 2. The van der Waals surface area contributed by atoms with E-state index < -0.39 is 5.66 Å². The normalized spacial score (nSPS) is 29.6. The highest BCUT2D eigenvalue weighted by atomic mass is 15.2. The summed E-state index contributed by atoms with van der Waals surface area (Å²) in [4.78, 5) is 6.19. The third-order valence-corrected chi connectivity index (χ3v) is 3.61. The van der Waals surface area contributed by atoms with E-state index in [1.807, 2.05) is 30.3 Å². The molecule has 0 aromatic heterocycles. The van der Waals surface area contributed by atoms with E-state index in [1.165, 1.54) is 0 Å². The zero-order valence-corrected chi connectivity index (χ0v) is 10.5. The molecule has 1 aromatic rings. The predicted octanol–water partition coefficient (Wildman–Crippen LogP) is 2.69. The minimum absolute atomic E-state index is 0.332. The highest BCUT2D eigenvalue weighted by Crippen LogP contribution is 2.32. The van der Waals surface area contributed by atoms with Crippen LogP contribution in [-0.4, -0.2) is 30.7 Å². The average Bonchev–Trinajstić information content (AvgIpc) is 2.34. The van der Waals surface area contributed by atoms with Crippen molar-refractivity contribution in [3.8, 4) is 0 Å². The van der Waals surface area contributed by atoms with Crippen LogP contribution in [-0.2, 0) is 0 Å². The Morgan fingerprint density at radius 2 is 2.12 bits per heavy atom. The fraction of sp³-hybridized carbons (Fsp3) is 0.500. The number of rotatable bonds is 2. The van der Waals surface area contributed by atoms with Gasteiger partial charge in [-0.3, -0.25) is 4.85 Å². The Morgan fingerprint density at radius 1 is 1.41 bits per heavy atom. The molecule has 1 fully saturated rings. The van der Waals surface area contributed by atoms with Gasteiger partial charge in [-0.05, 0) is 19.2 Å². The maximum atomic E-state index is 7.53. The van der Waals surface area contributed by atoms with E-state index in [2.05, 4.69) is 29.0 Å². The van der Waals surface area contributed by atoms with Crippen molar-refractivity contribution in [3.05, 3.63) is 41.7 Å². The summed E-state index contributed by atoms with van der Waals surface area (Å²) in [5.41, 5.74) is 0.605. The van der Waals surface area contributed by atoms with Gasteiger partial charge in [0.15, 0.2) is 0 Å². The third-order valence-electron chi connectivity index (χ3n) is 3.61. The molecule has 90 valence electrons. The van der Waals surface area contributed by atoms with E-state index in [0.29, 0.717) is 5.92 Å². The lowest BCUT2D eigenvalue weighted by Gasteiger charge is -2.37. The van der Waals surface area contributed by atoms with Gasteiger partial charge in [0.1, 0.15) is 0 Å². The number of anilines is 1. The minimum Gasteiger partial charge on any atom is -0.314 e. The van der Waals surface area contributed by atoms with E-state index in [-0.39, 0.29) is 0 Å². The Morgan fingerprint density at radius 3 is 2.71 bits per heavy atom. The van der Waals surface area contributed by atoms with Gasteiger partial charge in [-0.1, -0.05) is 25.1 Å². The largest absolute Gasteiger partial charge is 0.314 e. The summed E-state index contributed by atoms with van der Waals surface area (Å²) in [7, 11) is 2.12. The topological polar surface area (TPSA) is 19.6 Å². The first-order chi connectivity index (χ1) is 8.16. The molecule has 1 aliphatic heterocycles. The number of hydrogen-bond donors (Lipinski definition) is 1. The van der Waals surface area contributed by atoms with Gasteiger partial charge in [0.05, 0.1) is 12.3 Å². The number of piperidine rings is 1. The molecule has 0 saturated carbocycles. The lowest BCUT2D eigenvalue weighted by molar-refractivity contribution is 0.167. The highest BCUT2D eigenvalue weighted by molar-refractivity contribution is 5.46. The lowest BCUT2D eigenvalue weighted by atomic mass is 9.87. The van der Waals surface area contributed by atoms with Crippen molar-refractivity contribution in [2.45, 2.75) is 19.0 Å². The van der Waals surface area contributed by atoms with Crippen LogP contribution in [0.5, 0.6) is 0 Å². The number of benzene rings is 1. The van der Waals surface area contributed by atoms with Crippen LogP contribution < -0.4 is 5.32 Å². The average molecular weight is 229 g/mol. The van der Waals surface area contributed by atoms with Gasteiger partial charge in [0.25, 0.3) is 0 Å². The van der Waals surface area contributed by atoms with E-state index in [0.717, 1.165) is 25.2 Å². The van der Waals surface area contributed by atoms with Crippen LogP contribution in [0.1, 0.15) is 13.3 Å². The molecule has 1 heterocycles. The summed E-state index contributed by atoms with van der Waals surface area (Å²) in [5, 5.41) is 3.43. The molecular formula is C14H19N3. The van der Waals surface area contributed by atoms with Gasteiger partial charge < -0.3 is 10.2 Å². The minimum atomic E-state index is -0.437. The smallest absolute Gasteiger partial charge is 0.310 e. The molecule has 1 aromatic carbocycles. The van der Waals surface area contributed by atoms with E-state index in [9.17, 15) is 0 Å². The Hall–Kier alpha value is -1.53. The van der Waals surface area contributed by atoms with Crippen molar-refractivity contribution in [2.75, 3.05) is 25.5 Å². The first-order valence-corrected chi connectivity index (χ1v) is 6.07. The van der Waals surface area contributed by atoms with Gasteiger partial charge in [-0.15, -0.1) is 0 Å². The molecule has 0 aliphatic carbocycles. The molecular weight excluding hydrogens is 210 g/mol. The van der Waals surface area contributed by atoms with E-state index in [4.69, 9.17) is 6.57 Å². The number of nitrogens with zero attached hydrogens (tertiary/aromatic N) is 2. The van der Waals surface area contributed by atoms with Crippen molar-refractivity contribution < 1.29 is 0 Å². The van der Waals surface area contributed by atoms with Gasteiger partial charge in [0.2, 0.25) is 0 Å². The molecule has 3 nitrogen and oxygen atoms in total. The standard InChI is InChI=1S/C14H19N3/c1-12-11-17(3)10-9-14(12,15-2)16-13-7-5-4-6-8-13/h4-8,12,16H,9-11H2,1,3H3. The highest BCUT2D eigenvalue weighted by Gasteiger charge is 2.46. The molecule has 3 heteroatoms. The van der Waals surface area contributed by atoms with Crippen LogP contribution >= 0.6 is 0 Å². The van der Waals surface area contributed by atoms with Gasteiger partial charge in [0, 0.05) is 18.8 Å². The van der Waals surface area contributed by atoms with E-state index >= 15 is 0 Å². The van der Waals surface area contributed by atoms with Crippen molar-refractivity contribution in [1.82, 2.24) is 4.90 Å². The van der Waals surface area contributed by atoms with Crippen LogP contribution in [0.3, 0.4) is 0 Å². The molecule has 0 amide bonds. The fourth-order valence-electron chi connectivity index (χ4n) is 2.47. The summed E-state index contributed by atoms with van der Waals surface area (Å²) in [6.45, 7) is 11.6. The third kappa shape index (κ3) is 2.42. The summed E-state index contributed by atoms with van der Waals surface area (Å²) in [5.74, 6) is 0.332. The fourth-order valence-corrected chi connectivity index (χ4v) is 2.47. The van der Waals surface area contributed by atoms with Crippen molar-refractivity contribution in [3.63, 3.8) is 0 Å². The molecule has 1 aliphatic rings. The lowest BCUT2D eigenvalue weighted by Crippen LogP contribution is -2.52. The van der Waals surface area contributed by atoms with E-state index in [1.54, 1.807) is 0 Å².